The van der Waals surface area contributed by atoms with E-state index in [0.29, 0.717) is 6.61 Å². The van der Waals surface area contributed by atoms with E-state index in [1.165, 1.54) is 19.3 Å². The van der Waals surface area contributed by atoms with Gasteiger partial charge in [-0.05, 0) is 19.8 Å². The van der Waals surface area contributed by atoms with E-state index in [4.69, 9.17) is 9.47 Å². The highest BCUT2D eigenvalue weighted by atomic mass is 16.7. The molecule has 2 atom stereocenters. The zero-order valence-electron chi connectivity index (χ0n) is 8.16. The fraction of sp³-hybridized carbons (Fsp3) is 1.00. The maximum Gasteiger partial charge on any atom is 0.169 e. The molecule has 0 bridgehead atoms. The Hall–Kier alpha value is -0.120. The number of aliphatic hydroxyl groups excluding tert-OH is 1. The van der Waals surface area contributed by atoms with Crippen molar-refractivity contribution in [2.45, 2.75) is 57.0 Å². The lowest BCUT2D eigenvalue weighted by molar-refractivity contribution is -0.194. The van der Waals surface area contributed by atoms with Crippen molar-refractivity contribution in [3.8, 4) is 0 Å². The maximum atomic E-state index is 9.36. The van der Waals surface area contributed by atoms with Crippen molar-refractivity contribution in [3.05, 3.63) is 0 Å². The van der Waals surface area contributed by atoms with Crippen LogP contribution < -0.4 is 0 Å². The summed E-state index contributed by atoms with van der Waals surface area (Å²) in [5, 5.41) is 9.36. The monoisotopic (exact) mass is 186 g/mol. The van der Waals surface area contributed by atoms with Crippen molar-refractivity contribution in [2.75, 3.05) is 6.61 Å². The third-order valence-corrected chi connectivity index (χ3v) is 3.03. The van der Waals surface area contributed by atoms with Crippen molar-refractivity contribution in [3.63, 3.8) is 0 Å². The van der Waals surface area contributed by atoms with Crippen LogP contribution in [0.25, 0.3) is 0 Å². The highest BCUT2D eigenvalue weighted by Crippen LogP contribution is 2.38. The van der Waals surface area contributed by atoms with Crippen LogP contribution in [0.1, 0.15) is 39.0 Å². The Balaban J connectivity index is 1.94. The molecule has 0 amide bonds. The van der Waals surface area contributed by atoms with E-state index in [-0.39, 0.29) is 11.9 Å². The molecule has 13 heavy (non-hydrogen) atoms. The molecule has 0 aromatic carbocycles. The summed E-state index contributed by atoms with van der Waals surface area (Å²) in [5.74, 6) is -0.333. The highest BCUT2D eigenvalue weighted by Gasteiger charge is 2.43. The van der Waals surface area contributed by atoms with Gasteiger partial charge in [0.05, 0.1) is 12.7 Å². The molecular weight excluding hydrogens is 168 g/mol. The van der Waals surface area contributed by atoms with Crippen LogP contribution in [-0.4, -0.2) is 29.7 Å². The van der Waals surface area contributed by atoms with E-state index in [0.717, 1.165) is 12.8 Å². The van der Waals surface area contributed by atoms with Gasteiger partial charge < -0.3 is 14.6 Å². The molecule has 1 N–H and O–H groups in total. The first-order chi connectivity index (χ1) is 6.22. The van der Waals surface area contributed by atoms with Crippen LogP contribution in [0.15, 0.2) is 0 Å². The number of ether oxygens (including phenoxy) is 2. The van der Waals surface area contributed by atoms with Gasteiger partial charge in [-0.3, -0.25) is 0 Å². The van der Waals surface area contributed by atoms with Crippen LogP contribution in [0.5, 0.6) is 0 Å². The molecule has 2 rings (SSSR count). The Morgan fingerprint density at radius 1 is 1.31 bits per heavy atom. The second-order valence-corrected chi connectivity index (χ2v) is 4.18. The first kappa shape index (κ1) is 9.44. The van der Waals surface area contributed by atoms with Crippen LogP contribution >= 0.6 is 0 Å². The number of hydrogen-bond donors (Lipinski definition) is 1. The molecule has 1 aliphatic carbocycles. The van der Waals surface area contributed by atoms with Crippen LogP contribution in [0.4, 0.5) is 0 Å². The average Bonchev–Trinajstić information content (AvgIpc) is 2.51. The van der Waals surface area contributed by atoms with Gasteiger partial charge >= 0.3 is 0 Å². The lowest BCUT2D eigenvalue weighted by Gasteiger charge is -2.32. The Morgan fingerprint density at radius 2 is 2.00 bits per heavy atom. The van der Waals surface area contributed by atoms with E-state index in [1.807, 2.05) is 0 Å². The molecule has 3 nitrogen and oxygen atoms in total. The van der Waals surface area contributed by atoms with Crippen molar-refractivity contribution < 1.29 is 14.6 Å². The first-order valence-corrected chi connectivity index (χ1v) is 5.22. The molecular formula is C10H18O3. The lowest BCUT2D eigenvalue weighted by atomic mass is 9.94. The van der Waals surface area contributed by atoms with Crippen molar-refractivity contribution in [1.82, 2.24) is 0 Å². The second kappa shape index (κ2) is 3.56. The van der Waals surface area contributed by atoms with Gasteiger partial charge in [-0.15, -0.1) is 0 Å². The SMILES string of the molecule is C[C@H](O)[C@@H]1COC2(CCCCC2)O1. The smallest absolute Gasteiger partial charge is 0.169 e. The normalized spacial score (nSPS) is 35.1. The highest BCUT2D eigenvalue weighted by molar-refractivity contribution is 4.83. The summed E-state index contributed by atoms with van der Waals surface area (Å²) in [4.78, 5) is 0. The predicted molar refractivity (Wildman–Crippen MR) is 48.3 cm³/mol. The molecule has 2 aliphatic rings. The second-order valence-electron chi connectivity index (χ2n) is 4.18. The van der Waals surface area contributed by atoms with Crippen LogP contribution in [0, 0.1) is 0 Å². The van der Waals surface area contributed by atoms with Gasteiger partial charge in [0, 0.05) is 12.8 Å². The Labute approximate surface area is 79.0 Å². The average molecular weight is 186 g/mol. The summed E-state index contributed by atoms with van der Waals surface area (Å²) in [6, 6.07) is 0. The van der Waals surface area contributed by atoms with Gasteiger partial charge in [0.15, 0.2) is 5.79 Å². The van der Waals surface area contributed by atoms with Crippen LogP contribution in [0.3, 0.4) is 0 Å². The third-order valence-electron chi connectivity index (χ3n) is 3.03. The summed E-state index contributed by atoms with van der Waals surface area (Å²) >= 11 is 0. The molecule has 1 saturated carbocycles. The van der Waals surface area contributed by atoms with Gasteiger partial charge in [-0.2, -0.15) is 0 Å². The third kappa shape index (κ3) is 1.87. The topological polar surface area (TPSA) is 38.7 Å². The van der Waals surface area contributed by atoms with Crippen molar-refractivity contribution in [1.29, 1.82) is 0 Å². The molecule has 0 aromatic heterocycles. The zero-order valence-corrected chi connectivity index (χ0v) is 8.16. The van der Waals surface area contributed by atoms with Gasteiger partial charge in [0.25, 0.3) is 0 Å². The quantitative estimate of drug-likeness (QED) is 0.673. The minimum absolute atomic E-state index is 0.113. The Bertz CT molecular complexity index is 173. The van der Waals surface area contributed by atoms with E-state index < -0.39 is 6.10 Å². The summed E-state index contributed by atoms with van der Waals surface area (Å²) in [6.45, 7) is 2.31. The fourth-order valence-corrected chi connectivity index (χ4v) is 2.17. The maximum absolute atomic E-state index is 9.36. The van der Waals surface area contributed by atoms with Crippen LogP contribution in [0.2, 0.25) is 0 Å². The largest absolute Gasteiger partial charge is 0.391 e. The van der Waals surface area contributed by atoms with E-state index in [1.54, 1.807) is 6.92 Å². The molecule has 1 spiro atoms. The molecule has 0 unspecified atom stereocenters. The van der Waals surface area contributed by atoms with Crippen LogP contribution in [-0.2, 0) is 9.47 Å². The Morgan fingerprint density at radius 3 is 2.54 bits per heavy atom. The van der Waals surface area contributed by atoms with E-state index in [9.17, 15) is 5.11 Å². The number of hydrogen-bond acceptors (Lipinski definition) is 3. The lowest BCUT2D eigenvalue weighted by Crippen LogP contribution is -2.35. The van der Waals surface area contributed by atoms with Gasteiger partial charge in [0.2, 0.25) is 0 Å². The summed E-state index contributed by atoms with van der Waals surface area (Å²) in [7, 11) is 0. The van der Waals surface area contributed by atoms with Crippen molar-refractivity contribution in [2.24, 2.45) is 0 Å². The fourth-order valence-electron chi connectivity index (χ4n) is 2.17. The molecule has 0 aromatic rings. The summed E-state index contributed by atoms with van der Waals surface area (Å²) in [5.41, 5.74) is 0. The number of rotatable bonds is 1. The molecule has 1 aliphatic heterocycles. The minimum atomic E-state index is -0.415. The molecule has 1 heterocycles. The van der Waals surface area contributed by atoms with Crippen molar-refractivity contribution >= 4 is 0 Å². The Kier molecular flexibility index (Phi) is 2.58. The molecule has 76 valence electrons. The summed E-state index contributed by atoms with van der Waals surface area (Å²) in [6.07, 6.45) is 5.12. The zero-order chi connectivity index (χ0) is 9.31. The van der Waals surface area contributed by atoms with Gasteiger partial charge in [-0.25, -0.2) is 0 Å². The summed E-state index contributed by atoms with van der Waals surface area (Å²) < 4.78 is 11.5. The number of aliphatic hydroxyl groups is 1. The molecule has 2 fully saturated rings. The van der Waals surface area contributed by atoms with Gasteiger partial charge in [0.1, 0.15) is 6.10 Å². The first-order valence-electron chi connectivity index (χ1n) is 5.22. The molecule has 1 saturated heterocycles. The minimum Gasteiger partial charge on any atom is -0.391 e. The molecule has 3 heteroatoms. The van der Waals surface area contributed by atoms with Gasteiger partial charge in [-0.1, -0.05) is 6.42 Å². The van der Waals surface area contributed by atoms with E-state index in [2.05, 4.69) is 0 Å². The standard InChI is InChI=1S/C10H18O3/c1-8(11)9-7-12-10(13-9)5-3-2-4-6-10/h8-9,11H,2-7H2,1H3/t8-,9-/m0/s1. The molecule has 0 radical (unpaired) electrons. The van der Waals surface area contributed by atoms with E-state index >= 15 is 0 Å². The predicted octanol–water partition coefficient (Wildman–Crippen LogP) is 1.44.